The van der Waals surface area contributed by atoms with Crippen molar-refractivity contribution in [1.29, 1.82) is 0 Å². The number of urea groups is 1. The maximum atomic E-state index is 11.9. The van der Waals surface area contributed by atoms with Crippen LogP contribution < -0.4 is 15.4 Å². The van der Waals surface area contributed by atoms with E-state index >= 15 is 0 Å². The highest BCUT2D eigenvalue weighted by molar-refractivity contribution is 7.90. The molecule has 2 N–H and O–H groups in total. The number of rotatable bonds is 6. The van der Waals surface area contributed by atoms with Gasteiger partial charge >= 0.3 is 6.03 Å². The highest BCUT2D eigenvalue weighted by Gasteiger charge is 2.07. The van der Waals surface area contributed by atoms with Crippen LogP contribution in [0.1, 0.15) is 4.88 Å². The third-order valence-electron chi connectivity index (χ3n) is 3.60. The van der Waals surface area contributed by atoms with Gasteiger partial charge in [-0.3, -0.25) is 0 Å². The van der Waals surface area contributed by atoms with Crippen molar-refractivity contribution in [3.63, 3.8) is 0 Å². The van der Waals surface area contributed by atoms with Crippen molar-refractivity contribution in [2.24, 2.45) is 0 Å². The van der Waals surface area contributed by atoms with Gasteiger partial charge in [-0.25, -0.2) is 13.2 Å². The Hall–Kier alpha value is -2.84. The number of ether oxygens (including phenoxy) is 1. The zero-order valence-corrected chi connectivity index (χ0v) is 16.1. The van der Waals surface area contributed by atoms with Crippen LogP contribution in [-0.2, 0) is 16.4 Å². The fourth-order valence-corrected chi connectivity index (χ4v) is 3.53. The molecule has 0 aliphatic rings. The summed E-state index contributed by atoms with van der Waals surface area (Å²) in [5, 5.41) is 7.50. The topological polar surface area (TPSA) is 84.5 Å². The zero-order chi connectivity index (χ0) is 19.3. The monoisotopic (exact) mass is 402 g/mol. The van der Waals surface area contributed by atoms with Crippen molar-refractivity contribution in [2.45, 2.75) is 11.4 Å². The first-order valence-electron chi connectivity index (χ1n) is 8.05. The second kappa shape index (κ2) is 8.24. The van der Waals surface area contributed by atoms with Crippen LogP contribution >= 0.6 is 11.3 Å². The second-order valence-corrected chi connectivity index (χ2v) is 8.81. The van der Waals surface area contributed by atoms with E-state index < -0.39 is 9.84 Å². The molecule has 6 nitrogen and oxygen atoms in total. The van der Waals surface area contributed by atoms with E-state index in [9.17, 15) is 13.2 Å². The van der Waals surface area contributed by atoms with Gasteiger partial charge in [0.2, 0.25) is 0 Å². The molecule has 2 amide bonds. The van der Waals surface area contributed by atoms with E-state index in [1.165, 1.54) is 12.1 Å². The summed E-state index contributed by atoms with van der Waals surface area (Å²) in [6.07, 6.45) is 1.16. The first-order chi connectivity index (χ1) is 12.9. The SMILES string of the molecule is CS(=O)(=O)c1ccc(Oc2ccc(NC(=O)NCc3cccs3)cc2)cc1. The van der Waals surface area contributed by atoms with Crippen LogP contribution in [0.15, 0.2) is 70.9 Å². The lowest BCUT2D eigenvalue weighted by atomic mass is 10.3. The maximum Gasteiger partial charge on any atom is 0.319 e. The average Bonchev–Trinajstić information content (AvgIpc) is 3.15. The summed E-state index contributed by atoms with van der Waals surface area (Å²) in [7, 11) is -3.23. The van der Waals surface area contributed by atoms with Gasteiger partial charge in [-0.2, -0.15) is 0 Å². The molecule has 3 rings (SSSR count). The van der Waals surface area contributed by atoms with Crippen molar-refractivity contribution in [2.75, 3.05) is 11.6 Å². The Labute approximate surface area is 161 Å². The lowest BCUT2D eigenvalue weighted by Crippen LogP contribution is -2.27. The summed E-state index contributed by atoms with van der Waals surface area (Å²) in [6.45, 7) is 0.480. The highest BCUT2D eigenvalue weighted by Crippen LogP contribution is 2.24. The van der Waals surface area contributed by atoms with Crippen molar-refractivity contribution >= 4 is 32.9 Å². The number of thiophene rings is 1. The molecule has 2 aromatic carbocycles. The van der Waals surface area contributed by atoms with Gasteiger partial charge in [0, 0.05) is 16.8 Å². The first kappa shape index (κ1) is 18.9. The quantitative estimate of drug-likeness (QED) is 0.645. The molecule has 0 unspecified atom stereocenters. The Kier molecular flexibility index (Phi) is 5.78. The number of hydrogen-bond donors (Lipinski definition) is 2. The molecular weight excluding hydrogens is 384 g/mol. The smallest absolute Gasteiger partial charge is 0.319 e. The van der Waals surface area contributed by atoms with Crippen LogP contribution in [0.25, 0.3) is 0 Å². The van der Waals surface area contributed by atoms with Crippen LogP contribution in [0.5, 0.6) is 11.5 Å². The average molecular weight is 402 g/mol. The molecule has 0 saturated carbocycles. The molecule has 0 spiro atoms. The van der Waals surface area contributed by atoms with Gasteiger partial charge in [0.25, 0.3) is 0 Å². The predicted octanol–water partition coefficient (Wildman–Crippen LogP) is 4.27. The van der Waals surface area contributed by atoms with E-state index in [-0.39, 0.29) is 10.9 Å². The summed E-state index contributed by atoms with van der Waals surface area (Å²) < 4.78 is 28.6. The minimum atomic E-state index is -3.23. The molecule has 0 atom stereocenters. The van der Waals surface area contributed by atoms with Crippen LogP contribution in [0.3, 0.4) is 0 Å². The van der Waals surface area contributed by atoms with Crippen molar-refractivity contribution in [1.82, 2.24) is 5.32 Å². The molecule has 8 heteroatoms. The fraction of sp³-hybridized carbons (Fsp3) is 0.105. The Morgan fingerprint density at radius 1 is 1.00 bits per heavy atom. The largest absolute Gasteiger partial charge is 0.457 e. The van der Waals surface area contributed by atoms with E-state index in [0.29, 0.717) is 23.7 Å². The molecule has 1 aromatic heterocycles. The van der Waals surface area contributed by atoms with E-state index in [0.717, 1.165) is 11.1 Å². The zero-order valence-electron chi connectivity index (χ0n) is 14.5. The van der Waals surface area contributed by atoms with Crippen molar-refractivity contribution in [3.05, 3.63) is 70.9 Å². The molecule has 0 aliphatic heterocycles. The van der Waals surface area contributed by atoms with Crippen LogP contribution in [-0.4, -0.2) is 20.7 Å². The minimum absolute atomic E-state index is 0.239. The van der Waals surface area contributed by atoms with E-state index in [4.69, 9.17) is 4.74 Å². The predicted molar refractivity (Wildman–Crippen MR) is 106 cm³/mol. The Morgan fingerprint density at radius 3 is 2.19 bits per heavy atom. The molecule has 0 bridgehead atoms. The number of carbonyl (C=O) groups is 1. The number of carbonyl (C=O) groups excluding carboxylic acids is 1. The van der Waals surface area contributed by atoms with E-state index in [2.05, 4.69) is 10.6 Å². The lowest BCUT2D eigenvalue weighted by molar-refractivity contribution is 0.252. The molecule has 0 radical (unpaired) electrons. The van der Waals surface area contributed by atoms with Crippen molar-refractivity contribution in [3.8, 4) is 11.5 Å². The number of hydrogen-bond acceptors (Lipinski definition) is 5. The molecule has 140 valence electrons. The van der Waals surface area contributed by atoms with Gasteiger partial charge < -0.3 is 15.4 Å². The Balaban J connectivity index is 1.54. The van der Waals surface area contributed by atoms with Crippen LogP contribution in [0, 0.1) is 0 Å². The van der Waals surface area contributed by atoms with Crippen molar-refractivity contribution < 1.29 is 17.9 Å². The highest BCUT2D eigenvalue weighted by atomic mass is 32.2. The van der Waals surface area contributed by atoms with E-state index in [1.807, 2.05) is 17.5 Å². The Bertz CT molecular complexity index is 997. The number of nitrogens with one attached hydrogen (secondary N) is 2. The molecule has 0 aliphatic carbocycles. The van der Waals surface area contributed by atoms with Crippen LogP contribution in [0.2, 0.25) is 0 Å². The fourth-order valence-electron chi connectivity index (χ4n) is 2.25. The number of anilines is 1. The van der Waals surface area contributed by atoms with Crippen LogP contribution in [0.4, 0.5) is 10.5 Å². The first-order valence-corrected chi connectivity index (χ1v) is 10.8. The van der Waals surface area contributed by atoms with Gasteiger partial charge in [0.05, 0.1) is 11.4 Å². The van der Waals surface area contributed by atoms with Gasteiger partial charge in [-0.1, -0.05) is 6.07 Å². The summed E-state index contributed by atoms with van der Waals surface area (Å²) in [4.78, 5) is 13.2. The van der Waals surface area contributed by atoms with Gasteiger partial charge in [0.15, 0.2) is 9.84 Å². The summed E-state index contributed by atoms with van der Waals surface area (Å²) >= 11 is 1.58. The van der Waals surface area contributed by atoms with Gasteiger partial charge in [-0.15, -0.1) is 11.3 Å². The standard InChI is InChI=1S/C19H18N2O4S2/c1-27(23,24)18-10-8-16(9-11-18)25-15-6-4-14(5-7-15)21-19(22)20-13-17-3-2-12-26-17/h2-12H,13H2,1H3,(H2,20,21,22). The lowest BCUT2D eigenvalue weighted by Gasteiger charge is -2.09. The molecule has 1 heterocycles. The summed E-state index contributed by atoms with van der Waals surface area (Å²) in [6, 6.07) is 16.7. The minimum Gasteiger partial charge on any atom is -0.457 e. The number of sulfone groups is 1. The molecule has 3 aromatic rings. The van der Waals surface area contributed by atoms with Gasteiger partial charge in [0.1, 0.15) is 11.5 Å². The van der Waals surface area contributed by atoms with Gasteiger partial charge in [-0.05, 0) is 60.0 Å². The number of amides is 2. The Morgan fingerprint density at radius 2 is 1.63 bits per heavy atom. The third-order valence-corrected chi connectivity index (χ3v) is 5.61. The third kappa shape index (κ3) is 5.57. The number of benzene rings is 2. The molecule has 0 saturated heterocycles. The molecule has 0 fully saturated rings. The molecule has 27 heavy (non-hydrogen) atoms. The summed E-state index contributed by atoms with van der Waals surface area (Å²) in [5.74, 6) is 1.10. The second-order valence-electron chi connectivity index (χ2n) is 5.76. The molecular formula is C19H18N2O4S2. The van der Waals surface area contributed by atoms with E-state index in [1.54, 1.807) is 47.7 Å². The maximum absolute atomic E-state index is 11.9. The summed E-state index contributed by atoms with van der Waals surface area (Å²) in [5.41, 5.74) is 0.637. The normalized spacial score (nSPS) is 11.0.